The second-order valence-electron chi connectivity index (χ2n) is 8.06. The maximum atomic E-state index is 13.0. The summed E-state index contributed by atoms with van der Waals surface area (Å²) in [4.78, 5) is 17.2. The van der Waals surface area contributed by atoms with Gasteiger partial charge in [-0.1, -0.05) is 48.9 Å². The Morgan fingerprint density at radius 1 is 1.07 bits per heavy atom. The lowest BCUT2D eigenvalue weighted by Crippen LogP contribution is -2.46. The van der Waals surface area contributed by atoms with Gasteiger partial charge in [-0.05, 0) is 42.6 Å². The average molecular weight is 415 g/mol. The monoisotopic (exact) mass is 414 g/mol. The molecule has 2 aromatic carbocycles. The Morgan fingerprint density at radius 2 is 1.79 bits per heavy atom. The van der Waals surface area contributed by atoms with Gasteiger partial charge in [0, 0.05) is 38.0 Å². The van der Waals surface area contributed by atoms with Crippen LogP contribution in [0, 0.1) is 0 Å². The third-order valence-corrected chi connectivity index (χ3v) is 6.27. The van der Waals surface area contributed by atoms with Crippen LogP contribution < -0.4 is 0 Å². The van der Waals surface area contributed by atoms with Crippen LogP contribution in [-0.2, 0) is 22.1 Å². The molecule has 0 saturated carbocycles. The van der Waals surface area contributed by atoms with Gasteiger partial charge in [-0.25, -0.2) is 8.42 Å². The van der Waals surface area contributed by atoms with E-state index in [2.05, 4.69) is 29.2 Å². The zero-order chi connectivity index (χ0) is 20.9. The second kappa shape index (κ2) is 9.55. The Bertz CT molecular complexity index is 928. The zero-order valence-corrected chi connectivity index (χ0v) is 18.1. The number of carbonyl (C=O) groups is 1. The van der Waals surface area contributed by atoms with Crippen LogP contribution in [0.4, 0.5) is 0 Å². The van der Waals surface area contributed by atoms with Crippen LogP contribution >= 0.6 is 0 Å². The first-order valence-electron chi connectivity index (χ1n) is 10.1. The topological polar surface area (TPSA) is 57.7 Å². The van der Waals surface area contributed by atoms with Crippen molar-refractivity contribution in [3.8, 4) is 0 Å². The molecule has 156 valence electrons. The lowest BCUT2D eigenvalue weighted by atomic mass is 10.00. The molecule has 0 aromatic heterocycles. The van der Waals surface area contributed by atoms with Gasteiger partial charge < -0.3 is 4.90 Å². The quantitative estimate of drug-likeness (QED) is 0.697. The number of likely N-dealkylation sites (N-methyl/N-ethyl adjacent to an activating group) is 1. The average Bonchev–Trinajstić information content (AvgIpc) is 2.68. The molecule has 0 aliphatic carbocycles. The summed E-state index contributed by atoms with van der Waals surface area (Å²) >= 11 is 0. The summed E-state index contributed by atoms with van der Waals surface area (Å²) in [6, 6.07) is 17.7. The molecule has 0 spiro atoms. The van der Waals surface area contributed by atoms with Crippen molar-refractivity contribution in [2.45, 2.75) is 37.6 Å². The highest BCUT2D eigenvalue weighted by atomic mass is 32.2. The molecule has 1 saturated heterocycles. The van der Waals surface area contributed by atoms with Crippen LogP contribution in [0.15, 0.2) is 54.6 Å². The van der Waals surface area contributed by atoms with Gasteiger partial charge in [0.15, 0.2) is 9.84 Å². The number of carbonyl (C=O) groups excluding carboxylic acids is 1. The van der Waals surface area contributed by atoms with Crippen LogP contribution in [-0.4, -0.2) is 56.6 Å². The molecule has 1 aliphatic rings. The second-order valence-corrected chi connectivity index (χ2v) is 10.2. The smallest absolute Gasteiger partial charge is 0.253 e. The molecule has 29 heavy (non-hydrogen) atoms. The van der Waals surface area contributed by atoms with Crippen LogP contribution in [0.5, 0.6) is 0 Å². The minimum Gasteiger partial charge on any atom is -0.340 e. The van der Waals surface area contributed by atoms with Crippen molar-refractivity contribution < 1.29 is 13.2 Å². The number of nitrogens with zero attached hydrogens (tertiary/aromatic N) is 2. The number of sulfone groups is 1. The summed E-state index contributed by atoms with van der Waals surface area (Å²) in [5.74, 6) is -0.115. The standard InChI is InChI=1S/C23H30N2O3S/c1-24(23(26)21-12-8-11-20(15-21)18-29(2,27)28)17-22-13-6-7-14-25(22)16-19-9-4-3-5-10-19/h3-5,8-12,15,22H,6-7,13-14,16-18H2,1-2H3/t22-/m1/s1. The number of likely N-dealkylation sites (tertiary alicyclic amines) is 1. The predicted molar refractivity (Wildman–Crippen MR) is 116 cm³/mol. The van der Waals surface area contributed by atoms with E-state index in [0.717, 1.165) is 19.5 Å². The van der Waals surface area contributed by atoms with E-state index in [1.54, 1.807) is 29.2 Å². The van der Waals surface area contributed by atoms with Crippen molar-refractivity contribution in [3.63, 3.8) is 0 Å². The van der Waals surface area contributed by atoms with Gasteiger partial charge in [0.25, 0.3) is 5.91 Å². The van der Waals surface area contributed by atoms with Crippen molar-refractivity contribution in [2.24, 2.45) is 0 Å². The van der Waals surface area contributed by atoms with Crippen molar-refractivity contribution >= 4 is 15.7 Å². The highest BCUT2D eigenvalue weighted by Crippen LogP contribution is 2.21. The highest BCUT2D eigenvalue weighted by molar-refractivity contribution is 7.89. The summed E-state index contributed by atoms with van der Waals surface area (Å²) in [6.07, 6.45) is 4.66. The van der Waals surface area contributed by atoms with Gasteiger partial charge in [-0.15, -0.1) is 0 Å². The fourth-order valence-electron chi connectivity index (χ4n) is 4.01. The van der Waals surface area contributed by atoms with E-state index in [1.165, 1.54) is 24.7 Å². The lowest BCUT2D eigenvalue weighted by Gasteiger charge is -2.38. The predicted octanol–water partition coefficient (Wildman–Crippen LogP) is 3.36. The van der Waals surface area contributed by atoms with Gasteiger partial charge in [-0.3, -0.25) is 9.69 Å². The summed E-state index contributed by atoms with van der Waals surface area (Å²) in [6.45, 7) is 2.62. The van der Waals surface area contributed by atoms with Crippen LogP contribution in [0.3, 0.4) is 0 Å². The highest BCUT2D eigenvalue weighted by Gasteiger charge is 2.25. The first-order valence-corrected chi connectivity index (χ1v) is 12.2. The van der Waals surface area contributed by atoms with Gasteiger partial charge >= 0.3 is 0 Å². The molecule has 3 rings (SSSR count). The molecule has 2 aromatic rings. The Kier molecular flexibility index (Phi) is 7.09. The fourth-order valence-corrected chi connectivity index (χ4v) is 4.79. The molecular formula is C23H30N2O3S. The van der Waals surface area contributed by atoms with E-state index >= 15 is 0 Å². The van der Waals surface area contributed by atoms with E-state index in [-0.39, 0.29) is 11.7 Å². The van der Waals surface area contributed by atoms with Crippen LogP contribution in [0.25, 0.3) is 0 Å². The number of hydrogen-bond donors (Lipinski definition) is 0. The molecule has 0 unspecified atom stereocenters. The Balaban J connectivity index is 1.67. The molecular weight excluding hydrogens is 384 g/mol. The number of hydrogen-bond acceptors (Lipinski definition) is 4. The van der Waals surface area contributed by atoms with Gasteiger partial charge in [0.2, 0.25) is 0 Å². The Hall–Kier alpha value is -2.18. The first kappa shape index (κ1) is 21.5. The molecule has 1 fully saturated rings. The van der Waals surface area contributed by atoms with Crippen LogP contribution in [0.2, 0.25) is 0 Å². The molecule has 1 heterocycles. The Labute approximate surface area is 174 Å². The number of amides is 1. The number of piperidine rings is 1. The summed E-state index contributed by atoms with van der Waals surface area (Å²) < 4.78 is 23.1. The first-order chi connectivity index (χ1) is 13.8. The molecule has 5 nitrogen and oxygen atoms in total. The van der Waals surface area contributed by atoms with Gasteiger partial charge in [0.05, 0.1) is 5.75 Å². The molecule has 1 aliphatic heterocycles. The zero-order valence-electron chi connectivity index (χ0n) is 17.3. The third-order valence-electron chi connectivity index (χ3n) is 5.41. The third kappa shape index (κ3) is 6.41. The van der Waals surface area contributed by atoms with E-state index in [0.29, 0.717) is 23.7 Å². The summed E-state index contributed by atoms with van der Waals surface area (Å²) in [7, 11) is -1.30. The molecule has 0 N–H and O–H groups in total. The molecule has 1 atom stereocenters. The Morgan fingerprint density at radius 3 is 2.52 bits per heavy atom. The minimum atomic E-state index is -3.13. The van der Waals surface area contributed by atoms with Gasteiger partial charge in [0.1, 0.15) is 0 Å². The van der Waals surface area contributed by atoms with E-state index < -0.39 is 9.84 Å². The summed E-state index contributed by atoms with van der Waals surface area (Å²) in [5.41, 5.74) is 2.48. The van der Waals surface area contributed by atoms with Crippen molar-refractivity contribution in [1.82, 2.24) is 9.80 Å². The normalized spacial score (nSPS) is 17.8. The number of rotatable bonds is 7. The molecule has 6 heteroatoms. The number of benzene rings is 2. The van der Waals surface area contributed by atoms with Crippen molar-refractivity contribution in [2.75, 3.05) is 26.4 Å². The van der Waals surface area contributed by atoms with E-state index in [9.17, 15) is 13.2 Å². The largest absolute Gasteiger partial charge is 0.340 e. The maximum absolute atomic E-state index is 13.0. The molecule has 1 amide bonds. The van der Waals surface area contributed by atoms with Crippen molar-refractivity contribution in [1.29, 1.82) is 0 Å². The maximum Gasteiger partial charge on any atom is 0.253 e. The van der Waals surface area contributed by atoms with Gasteiger partial charge in [-0.2, -0.15) is 0 Å². The van der Waals surface area contributed by atoms with E-state index in [1.807, 2.05) is 13.1 Å². The van der Waals surface area contributed by atoms with Crippen molar-refractivity contribution in [3.05, 3.63) is 71.3 Å². The van der Waals surface area contributed by atoms with Crippen LogP contribution in [0.1, 0.15) is 40.7 Å². The lowest BCUT2D eigenvalue weighted by molar-refractivity contribution is 0.0670. The fraction of sp³-hybridized carbons (Fsp3) is 0.435. The van der Waals surface area contributed by atoms with E-state index in [4.69, 9.17) is 0 Å². The minimum absolute atomic E-state index is 0.0503. The summed E-state index contributed by atoms with van der Waals surface area (Å²) in [5, 5.41) is 0. The SMILES string of the molecule is CN(C[C@H]1CCCCN1Cc1ccccc1)C(=O)c1cccc(CS(C)(=O)=O)c1. The molecule has 0 bridgehead atoms. The molecule has 0 radical (unpaired) electrons.